The normalized spacial score (nSPS) is 9.55. The highest BCUT2D eigenvalue weighted by Gasteiger charge is 2.00. The molecule has 0 bridgehead atoms. The summed E-state index contributed by atoms with van der Waals surface area (Å²) < 4.78 is 18.1. The van der Waals surface area contributed by atoms with Crippen molar-refractivity contribution in [3.05, 3.63) is 71.0 Å². The number of ether oxygens (including phenoxy) is 1. The average Bonchev–Trinajstić information content (AvgIpc) is 2.54. The Morgan fingerprint density at radius 3 is 2.73 bits per heavy atom. The molecule has 2 aromatic carbocycles. The van der Waals surface area contributed by atoms with Crippen molar-refractivity contribution in [3.8, 4) is 11.8 Å². The molecule has 0 atom stereocenters. The number of hydrogen-bond donors (Lipinski definition) is 1. The largest absolute Gasteiger partial charge is 0.445 e. The molecule has 1 N–H and O–H groups in total. The molecule has 2 rings (SSSR count). The third kappa shape index (κ3) is 4.95. The maximum absolute atomic E-state index is 13.1. The van der Waals surface area contributed by atoms with E-state index in [1.807, 2.05) is 30.3 Å². The van der Waals surface area contributed by atoms with Gasteiger partial charge in [0.25, 0.3) is 0 Å². The summed E-state index contributed by atoms with van der Waals surface area (Å²) in [6, 6.07) is 14.1. The van der Waals surface area contributed by atoms with Crippen molar-refractivity contribution in [2.24, 2.45) is 0 Å². The van der Waals surface area contributed by atoms with Crippen molar-refractivity contribution >= 4 is 6.09 Å². The summed E-state index contributed by atoms with van der Waals surface area (Å²) in [6.07, 6.45) is -0.520. The molecule has 2 aromatic rings. The molecule has 0 heterocycles. The molecule has 0 aliphatic carbocycles. The van der Waals surface area contributed by atoms with Crippen LogP contribution in [0.1, 0.15) is 16.7 Å². The lowest BCUT2D eigenvalue weighted by Gasteiger charge is -2.04. The molecule has 0 unspecified atom stereocenters. The van der Waals surface area contributed by atoms with Crippen LogP contribution < -0.4 is 5.32 Å². The number of halogens is 1. The van der Waals surface area contributed by atoms with Gasteiger partial charge in [0.15, 0.2) is 0 Å². The van der Waals surface area contributed by atoms with Crippen molar-refractivity contribution in [2.75, 3.05) is 6.54 Å². The number of benzene rings is 2. The van der Waals surface area contributed by atoms with Gasteiger partial charge >= 0.3 is 6.09 Å². The molecule has 0 saturated carbocycles. The first-order chi connectivity index (χ1) is 10.6. The van der Waals surface area contributed by atoms with Gasteiger partial charge in [0, 0.05) is 5.56 Å². The van der Waals surface area contributed by atoms with Gasteiger partial charge in [-0.05, 0) is 36.2 Å². The third-order valence-electron chi connectivity index (χ3n) is 2.92. The molecular formula is C18H16FNO2. The fourth-order valence-electron chi connectivity index (χ4n) is 1.76. The van der Waals surface area contributed by atoms with Crippen LogP contribution in [-0.2, 0) is 11.3 Å². The third-order valence-corrected chi connectivity index (χ3v) is 2.92. The van der Waals surface area contributed by atoms with Gasteiger partial charge in [-0.2, -0.15) is 0 Å². The molecule has 0 fully saturated rings. The molecule has 0 spiro atoms. The summed E-state index contributed by atoms with van der Waals surface area (Å²) in [5.41, 5.74) is 2.17. The van der Waals surface area contributed by atoms with E-state index in [-0.39, 0.29) is 19.0 Å². The zero-order chi connectivity index (χ0) is 15.8. The summed E-state index contributed by atoms with van der Waals surface area (Å²) in [5, 5.41) is 2.54. The van der Waals surface area contributed by atoms with Gasteiger partial charge in [-0.15, -0.1) is 0 Å². The second kappa shape index (κ2) is 7.84. The van der Waals surface area contributed by atoms with E-state index in [1.165, 1.54) is 6.07 Å². The van der Waals surface area contributed by atoms with Crippen LogP contribution in [0.4, 0.5) is 9.18 Å². The molecule has 0 radical (unpaired) electrons. The highest BCUT2D eigenvalue weighted by molar-refractivity contribution is 5.67. The second-order valence-corrected chi connectivity index (χ2v) is 4.68. The Bertz CT molecular complexity index is 702. The molecule has 0 aliphatic heterocycles. The van der Waals surface area contributed by atoms with Crippen molar-refractivity contribution in [2.45, 2.75) is 13.5 Å². The molecular weight excluding hydrogens is 281 g/mol. The van der Waals surface area contributed by atoms with E-state index in [4.69, 9.17) is 4.74 Å². The van der Waals surface area contributed by atoms with Crippen LogP contribution in [0.15, 0.2) is 48.5 Å². The van der Waals surface area contributed by atoms with E-state index in [0.717, 1.165) is 5.56 Å². The summed E-state index contributed by atoms with van der Waals surface area (Å²) in [5.74, 6) is 5.39. The number of rotatable bonds is 3. The second-order valence-electron chi connectivity index (χ2n) is 4.68. The lowest BCUT2D eigenvalue weighted by Crippen LogP contribution is -2.24. The number of hydrogen-bond acceptors (Lipinski definition) is 2. The predicted octanol–water partition coefficient (Wildman–Crippen LogP) is 3.41. The first-order valence-electron chi connectivity index (χ1n) is 6.85. The van der Waals surface area contributed by atoms with Crippen LogP contribution in [0.3, 0.4) is 0 Å². The molecule has 4 heteroatoms. The Hall–Kier alpha value is -2.80. The van der Waals surface area contributed by atoms with Crippen molar-refractivity contribution < 1.29 is 13.9 Å². The molecule has 112 valence electrons. The molecule has 0 aromatic heterocycles. The van der Waals surface area contributed by atoms with E-state index in [2.05, 4.69) is 17.2 Å². The summed E-state index contributed by atoms with van der Waals surface area (Å²) in [4.78, 5) is 11.5. The van der Waals surface area contributed by atoms with Crippen LogP contribution in [-0.4, -0.2) is 12.6 Å². The zero-order valence-corrected chi connectivity index (χ0v) is 12.2. The fraction of sp³-hybridized carbons (Fsp3) is 0.167. The van der Waals surface area contributed by atoms with E-state index < -0.39 is 6.09 Å². The highest BCUT2D eigenvalue weighted by Crippen LogP contribution is 2.07. The molecule has 0 saturated heterocycles. The van der Waals surface area contributed by atoms with Gasteiger partial charge < -0.3 is 10.1 Å². The Balaban J connectivity index is 1.75. The smallest absolute Gasteiger partial charge is 0.408 e. The van der Waals surface area contributed by atoms with Crippen molar-refractivity contribution in [3.63, 3.8) is 0 Å². The Morgan fingerprint density at radius 1 is 1.23 bits per heavy atom. The number of carbonyl (C=O) groups is 1. The number of aryl methyl sites for hydroxylation is 1. The van der Waals surface area contributed by atoms with Crippen LogP contribution in [0.2, 0.25) is 0 Å². The highest BCUT2D eigenvalue weighted by atomic mass is 19.1. The van der Waals surface area contributed by atoms with Gasteiger partial charge in [-0.3, -0.25) is 0 Å². The summed E-state index contributed by atoms with van der Waals surface area (Å²) in [6.45, 7) is 2.07. The van der Waals surface area contributed by atoms with Crippen LogP contribution in [0, 0.1) is 24.6 Å². The van der Waals surface area contributed by atoms with E-state index in [0.29, 0.717) is 11.1 Å². The minimum atomic E-state index is -0.520. The fourth-order valence-corrected chi connectivity index (χ4v) is 1.76. The van der Waals surface area contributed by atoms with Gasteiger partial charge in [-0.25, -0.2) is 9.18 Å². The quantitative estimate of drug-likeness (QED) is 0.882. The summed E-state index contributed by atoms with van der Waals surface area (Å²) in [7, 11) is 0. The van der Waals surface area contributed by atoms with E-state index >= 15 is 0 Å². The SMILES string of the molecule is Cc1cc(C#CCNC(=O)OCc2ccccc2)ccc1F. The average molecular weight is 297 g/mol. The lowest BCUT2D eigenvalue weighted by molar-refractivity contribution is 0.141. The minimum Gasteiger partial charge on any atom is -0.445 e. The Kier molecular flexibility index (Phi) is 5.56. The van der Waals surface area contributed by atoms with Crippen molar-refractivity contribution in [1.29, 1.82) is 0 Å². The van der Waals surface area contributed by atoms with Crippen molar-refractivity contribution in [1.82, 2.24) is 5.32 Å². The molecule has 1 amide bonds. The zero-order valence-electron chi connectivity index (χ0n) is 12.2. The first kappa shape index (κ1) is 15.6. The summed E-state index contributed by atoms with van der Waals surface area (Å²) >= 11 is 0. The van der Waals surface area contributed by atoms with Gasteiger partial charge in [0.05, 0.1) is 6.54 Å². The maximum atomic E-state index is 13.1. The van der Waals surface area contributed by atoms with E-state index in [9.17, 15) is 9.18 Å². The Labute approximate surface area is 129 Å². The van der Waals surface area contributed by atoms with Gasteiger partial charge in [-0.1, -0.05) is 42.2 Å². The number of carbonyl (C=O) groups excluding carboxylic acids is 1. The lowest BCUT2D eigenvalue weighted by atomic mass is 10.1. The first-order valence-corrected chi connectivity index (χ1v) is 6.85. The van der Waals surface area contributed by atoms with Crippen LogP contribution in [0.5, 0.6) is 0 Å². The molecule has 3 nitrogen and oxygen atoms in total. The molecule has 22 heavy (non-hydrogen) atoms. The predicted molar refractivity (Wildman–Crippen MR) is 82.6 cm³/mol. The standard InChI is InChI=1S/C18H16FNO2/c1-14-12-15(9-10-17(14)19)8-5-11-20-18(21)22-13-16-6-3-2-4-7-16/h2-4,6-7,9-10,12H,11,13H2,1H3,(H,20,21). The minimum absolute atomic E-state index is 0.171. The van der Waals surface area contributed by atoms with E-state index in [1.54, 1.807) is 19.1 Å². The van der Waals surface area contributed by atoms with Gasteiger partial charge in [0.2, 0.25) is 0 Å². The number of amides is 1. The molecule has 0 aliphatic rings. The maximum Gasteiger partial charge on any atom is 0.408 e. The number of nitrogens with one attached hydrogen (secondary N) is 1. The van der Waals surface area contributed by atoms with Crippen LogP contribution in [0.25, 0.3) is 0 Å². The topological polar surface area (TPSA) is 38.3 Å². The monoisotopic (exact) mass is 297 g/mol. The Morgan fingerprint density at radius 2 is 2.00 bits per heavy atom. The van der Waals surface area contributed by atoms with Crippen LogP contribution >= 0.6 is 0 Å². The van der Waals surface area contributed by atoms with Gasteiger partial charge in [0.1, 0.15) is 12.4 Å². The number of alkyl carbamates (subject to hydrolysis) is 1.